The Morgan fingerprint density at radius 1 is 1.25 bits per heavy atom. The van der Waals surface area contributed by atoms with Crippen LogP contribution in [-0.2, 0) is 21.1 Å². The standard InChI is InChI=1S/C21H19N2O7PS/c1-2-21(27)18(25)16(29-19(21)23-11-10-17(24)22-20(23)26)12-28-31(32)30-15-9-5-7-13-6-3-4-8-14(13)15/h1,3-11,16,18-19,25,27,31H,12H2,(H,22,24,26)/t16-,18-,19-,21-/m1/s1. The van der Waals surface area contributed by atoms with Crippen LogP contribution in [-0.4, -0.2) is 44.2 Å². The van der Waals surface area contributed by atoms with Gasteiger partial charge in [-0.05, 0) is 23.3 Å². The maximum Gasteiger partial charge on any atom is 0.330 e. The average molecular weight is 474 g/mol. The molecule has 1 fully saturated rings. The van der Waals surface area contributed by atoms with E-state index in [-0.39, 0.29) is 6.61 Å². The second kappa shape index (κ2) is 9.00. The quantitative estimate of drug-likeness (QED) is 0.356. The fraction of sp³-hybridized carbons (Fsp3) is 0.238. The zero-order chi connectivity index (χ0) is 22.9. The fourth-order valence-corrected chi connectivity index (χ4v) is 4.69. The molecule has 32 heavy (non-hydrogen) atoms. The summed E-state index contributed by atoms with van der Waals surface area (Å²) in [5.41, 5.74) is -3.71. The van der Waals surface area contributed by atoms with Crippen LogP contribution >= 0.6 is 7.15 Å². The first-order chi connectivity index (χ1) is 15.3. The van der Waals surface area contributed by atoms with Crippen LogP contribution in [0.1, 0.15) is 6.23 Å². The lowest BCUT2D eigenvalue weighted by Crippen LogP contribution is -2.48. The molecule has 2 aromatic carbocycles. The van der Waals surface area contributed by atoms with Gasteiger partial charge in [0.15, 0.2) is 11.8 Å². The molecule has 2 heterocycles. The van der Waals surface area contributed by atoms with Crippen molar-refractivity contribution in [1.82, 2.24) is 9.55 Å². The molecule has 1 unspecified atom stereocenters. The summed E-state index contributed by atoms with van der Waals surface area (Å²) >= 11 is 5.32. The summed E-state index contributed by atoms with van der Waals surface area (Å²) < 4.78 is 18.0. The van der Waals surface area contributed by atoms with E-state index in [1.165, 1.54) is 0 Å². The number of H-pyrrole nitrogens is 1. The Kier molecular flexibility index (Phi) is 6.31. The van der Waals surface area contributed by atoms with Gasteiger partial charge in [0.1, 0.15) is 18.0 Å². The highest BCUT2D eigenvalue weighted by atomic mass is 32.4. The summed E-state index contributed by atoms with van der Waals surface area (Å²) in [4.78, 5) is 25.5. The van der Waals surface area contributed by atoms with Crippen molar-refractivity contribution in [2.45, 2.75) is 24.0 Å². The van der Waals surface area contributed by atoms with Crippen molar-refractivity contribution in [2.24, 2.45) is 0 Å². The van der Waals surface area contributed by atoms with Gasteiger partial charge in [-0.1, -0.05) is 42.3 Å². The van der Waals surface area contributed by atoms with Gasteiger partial charge in [-0.2, -0.15) is 0 Å². The number of hydrogen-bond donors (Lipinski definition) is 3. The first-order valence-electron chi connectivity index (χ1n) is 9.51. The molecule has 3 aromatic rings. The van der Waals surface area contributed by atoms with Gasteiger partial charge in [-0.3, -0.25) is 14.3 Å². The van der Waals surface area contributed by atoms with Crippen LogP contribution in [0.5, 0.6) is 5.75 Å². The molecule has 3 N–H and O–H groups in total. The summed E-state index contributed by atoms with van der Waals surface area (Å²) in [6.45, 7) is -0.234. The average Bonchev–Trinajstić information content (AvgIpc) is 3.03. The van der Waals surface area contributed by atoms with E-state index in [1.807, 2.05) is 41.4 Å². The second-order valence-corrected chi connectivity index (χ2v) is 9.09. The number of nitrogens with one attached hydrogen (secondary N) is 1. The molecule has 1 aliphatic rings. The Morgan fingerprint density at radius 3 is 2.75 bits per heavy atom. The minimum absolute atomic E-state index is 0.234. The van der Waals surface area contributed by atoms with Gasteiger partial charge >= 0.3 is 5.69 Å². The summed E-state index contributed by atoms with van der Waals surface area (Å²) in [6.07, 6.45) is 2.43. The van der Waals surface area contributed by atoms with Crippen molar-refractivity contribution >= 4 is 29.7 Å². The summed E-state index contributed by atoms with van der Waals surface area (Å²) in [6, 6.07) is 14.3. The summed E-state index contributed by atoms with van der Waals surface area (Å²) in [5.74, 6) is 2.65. The minimum Gasteiger partial charge on any atom is -0.445 e. The van der Waals surface area contributed by atoms with E-state index >= 15 is 0 Å². The number of aliphatic hydroxyl groups excluding tert-OH is 1. The third-order valence-corrected chi connectivity index (χ3v) is 6.52. The normalized spacial score (nSPS) is 26.0. The fourth-order valence-electron chi connectivity index (χ4n) is 3.50. The maximum absolute atomic E-state index is 12.1. The molecule has 166 valence electrons. The number of aromatic amines is 1. The molecule has 11 heteroatoms. The highest BCUT2D eigenvalue weighted by molar-refractivity contribution is 8.00. The smallest absolute Gasteiger partial charge is 0.330 e. The molecule has 1 aromatic heterocycles. The lowest BCUT2D eigenvalue weighted by atomic mass is 9.95. The van der Waals surface area contributed by atoms with E-state index in [0.29, 0.717) is 5.75 Å². The van der Waals surface area contributed by atoms with Crippen molar-refractivity contribution < 1.29 is 24.0 Å². The number of aliphatic hydroxyl groups is 2. The van der Waals surface area contributed by atoms with Crippen molar-refractivity contribution in [3.63, 3.8) is 0 Å². The predicted molar refractivity (Wildman–Crippen MR) is 121 cm³/mol. The van der Waals surface area contributed by atoms with Gasteiger partial charge in [-0.25, -0.2) is 4.79 Å². The monoisotopic (exact) mass is 474 g/mol. The number of nitrogens with zero attached hydrogens (tertiary/aromatic N) is 1. The van der Waals surface area contributed by atoms with Gasteiger partial charge in [-0.15, -0.1) is 6.42 Å². The molecule has 4 rings (SSSR count). The molecular weight excluding hydrogens is 455 g/mol. The Labute approximate surface area is 187 Å². The molecule has 1 aliphatic heterocycles. The number of ether oxygens (including phenoxy) is 1. The summed E-state index contributed by atoms with van der Waals surface area (Å²) in [5, 5.41) is 23.2. The van der Waals surface area contributed by atoms with Gasteiger partial charge in [0.05, 0.1) is 6.61 Å². The SMILES string of the molecule is C#C[C@@]1(O)[C@H](O)[C@@H](CO[PH](=S)Oc2cccc3ccccc23)O[C@H]1n1ccc(=O)[nH]c1=O. The molecule has 0 aliphatic carbocycles. The number of terminal acetylenes is 1. The van der Waals surface area contributed by atoms with Crippen molar-refractivity contribution in [3.05, 3.63) is 75.6 Å². The maximum atomic E-state index is 12.1. The van der Waals surface area contributed by atoms with E-state index in [2.05, 4.69) is 5.92 Å². The third kappa shape index (κ3) is 4.14. The van der Waals surface area contributed by atoms with Crippen molar-refractivity contribution in [1.29, 1.82) is 0 Å². The molecular formula is C21H19N2O7PS. The van der Waals surface area contributed by atoms with Crippen molar-refractivity contribution in [2.75, 3.05) is 6.61 Å². The number of benzene rings is 2. The van der Waals surface area contributed by atoms with Gasteiger partial charge in [0.2, 0.25) is 7.15 Å². The first kappa shape index (κ1) is 22.4. The minimum atomic E-state index is -2.24. The Morgan fingerprint density at radius 2 is 2.00 bits per heavy atom. The van der Waals surface area contributed by atoms with Crippen LogP contribution in [0.25, 0.3) is 10.8 Å². The number of fused-ring (bicyclic) bond motifs is 1. The molecule has 9 nitrogen and oxygen atoms in total. The largest absolute Gasteiger partial charge is 0.445 e. The van der Waals surface area contributed by atoms with Gasteiger partial charge < -0.3 is 24.0 Å². The molecule has 0 radical (unpaired) electrons. The van der Waals surface area contributed by atoms with Gasteiger partial charge in [0.25, 0.3) is 5.56 Å². The lowest BCUT2D eigenvalue weighted by Gasteiger charge is -2.26. The summed E-state index contributed by atoms with van der Waals surface area (Å²) in [7, 11) is -2.24. The molecule has 0 bridgehead atoms. The third-order valence-electron chi connectivity index (χ3n) is 5.13. The van der Waals surface area contributed by atoms with Crippen LogP contribution in [0.3, 0.4) is 0 Å². The van der Waals surface area contributed by atoms with E-state index in [9.17, 15) is 19.8 Å². The Hall–Kier alpha value is -2.77. The van der Waals surface area contributed by atoms with Crippen LogP contribution < -0.4 is 15.8 Å². The topological polar surface area (TPSA) is 123 Å². The first-order valence-corrected chi connectivity index (χ1v) is 12.0. The Bertz CT molecular complexity index is 1330. The van der Waals surface area contributed by atoms with E-state index in [4.69, 9.17) is 32.0 Å². The zero-order valence-corrected chi connectivity index (χ0v) is 18.3. The molecule has 1 saturated heterocycles. The van der Waals surface area contributed by atoms with E-state index < -0.39 is 42.4 Å². The number of rotatable bonds is 6. The highest BCUT2D eigenvalue weighted by Gasteiger charge is 2.56. The van der Waals surface area contributed by atoms with Crippen molar-refractivity contribution in [3.8, 4) is 18.1 Å². The highest BCUT2D eigenvalue weighted by Crippen LogP contribution is 2.39. The molecule has 0 saturated carbocycles. The number of aromatic nitrogens is 2. The molecule has 0 amide bonds. The van der Waals surface area contributed by atoms with Crippen LogP contribution in [0.15, 0.2) is 64.3 Å². The molecule has 5 atom stereocenters. The molecule has 0 spiro atoms. The number of hydrogen-bond acceptors (Lipinski definition) is 8. The van der Waals surface area contributed by atoms with E-state index in [0.717, 1.165) is 27.6 Å². The second-order valence-electron chi connectivity index (χ2n) is 7.10. The van der Waals surface area contributed by atoms with Crippen LogP contribution in [0.2, 0.25) is 0 Å². The Balaban J connectivity index is 1.48. The van der Waals surface area contributed by atoms with E-state index in [1.54, 1.807) is 6.07 Å². The van der Waals surface area contributed by atoms with Gasteiger partial charge in [0, 0.05) is 17.6 Å². The van der Waals surface area contributed by atoms with Crippen LogP contribution in [0, 0.1) is 12.3 Å². The zero-order valence-electron chi connectivity index (χ0n) is 16.5. The predicted octanol–water partition coefficient (Wildman–Crippen LogP) is 0.914. The lowest BCUT2D eigenvalue weighted by molar-refractivity contribution is -0.0752. The van der Waals surface area contributed by atoms with Crippen LogP contribution in [0.4, 0.5) is 0 Å².